The summed E-state index contributed by atoms with van der Waals surface area (Å²) in [5.74, 6) is 0.665. The molecule has 0 bridgehead atoms. The Bertz CT molecular complexity index is 764. The summed E-state index contributed by atoms with van der Waals surface area (Å²) in [4.78, 5) is 11.5. The number of hydrazone groups is 1. The summed E-state index contributed by atoms with van der Waals surface area (Å²) in [6, 6.07) is 12.5. The number of amides is 1. The summed E-state index contributed by atoms with van der Waals surface area (Å²) in [7, 11) is 0. The molecule has 0 saturated carbocycles. The van der Waals surface area contributed by atoms with E-state index >= 15 is 0 Å². The van der Waals surface area contributed by atoms with E-state index in [4.69, 9.17) is 32.7 Å². The molecule has 0 unspecified atom stereocenters. The molecular weight excluding hydrogens is 375 g/mol. The van der Waals surface area contributed by atoms with Crippen LogP contribution < -0.4 is 10.2 Å². The normalized spacial score (nSPS) is 11.4. The first-order valence-corrected chi connectivity index (χ1v) is 8.68. The van der Waals surface area contributed by atoms with Gasteiger partial charge in [0, 0.05) is 15.6 Å². The van der Waals surface area contributed by atoms with Crippen molar-refractivity contribution in [1.82, 2.24) is 5.43 Å². The summed E-state index contributed by atoms with van der Waals surface area (Å²) >= 11 is 12.2. The van der Waals surface area contributed by atoms with Gasteiger partial charge in [0.25, 0.3) is 0 Å². The van der Waals surface area contributed by atoms with E-state index in [1.54, 1.807) is 51.1 Å². The zero-order valence-electron chi connectivity index (χ0n) is 14.8. The number of carbonyl (C=O) groups is 1. The van der Waals surface area contributed by atoms with Gasteiger partial charge in [0.1, 0.15) is 18.0 Å². The molecule has 26 heavy (non-hydrogen) atoms. The maximum atomic E-state index is 11.5. The maximum Gasteiger partial charge on any atom is 0.428 e. The van der Waals surface area contributed by atoms with E-state index in [-0.39, 0.29) is 6.61 Å². The number of hydrogen-bond donors (Lipinski definition) is 1. The third-order valence-electron chi connectivity index (χ3n) is 3.09. The minimum absolute atomic E-state index is 0.270. The van der Waals surface area contributed by atoms with Crippen LogP contribution in [0.2, 0.25) is 10.0 Å². The zero-order valence-corrected chi connectivity index (χ0v) is 16.3. The number of carbonyl (C=O) groups excluding carboxylic acids is 1. The Hall–Kier alpha value is -2.24. The Balaban J connectivity index is 1.88. The van der Waals surface area contributed by atoms with Crippen molar-refractivity contribution in [3.8, 4) is 5.75 Å². The Morgan fingerprint density at radius 3 is 2.31 bits per heavy atom. The van der Waals surface area contributed by atoms with Gasteiger partial charge >= 0.3 is 6.09 Å². The van der Waals surface area contributed by atoms with Gasteiger partial charge in [-0.3, -0.25) is 0 Å². The van der Waals surface area contributed by atoms with Crippen LogP contribution in [-0.4, -0.2) is 17.9 Å². The molecule has 0 fully saturated rings. The van der Waals surface area contributed by atoms with Crippen molar-refractivity contribution < 1.29 is 14.3 Å². The van der Waals surface area contributed by atoms with Gasteiger partial charge in [-0.2, -0.15) is 5.10 Å². The molecule has 0 saturated heterocycles. The Kier molecular flexibility index (Phi) is 6.89. The van der Waals surface area contributed by atoms with Crippen LogP contribution in [0, 0.1) is 0 Å². The Morgan fingerprint density at radius 2 is 1.73 bits per heavy atom. The van der Waals surface area contributed by atoms with Crippen molar-refractivity contribution in [3.05, 3.63) is 63.6 Å². The number of nitrogens with zero attached hydrogens (tertiary/aromatic N) is 1. The molecule has 1 amide bonds. The van der Waals surface area contributed by atoms with Crippen molar-refractivity contribution in [1.29, 1.82) is 0 Å². The molecule has 138 valence electrons. The fourth-order valence-corrected chi connectivity index (χ4v) is 2.44. The molecule has 0 aliphatic rings. The van der Waals surface area contributed by atoms with Crippen molar-refractivity contribution in [3.63, 3.8) is 0 Å². The molecular formula is C19H20Cl2N2O3. The highest BCUT2D eigenvalue weighted by molar-refractivity contribution is 6.35. The van der Waals surface area contributed by atoms with E-state index in [2.05, 4.69) is 10.5 Å². The highest BCUT2D eigenvalue weighted by Crippen LogP contribution is 2.25. The highest BCUT2D eigenvalue weighted by atomic mass is 35.5. The number of benzene rings is 2. The summed E-state index contributed by atoms with van der Waals surface area (Å²) in [6.07, 6.45) is 0.906. The Morgan fingerprint density at radius 1 is 1.12 bits per heavy atom. The van der Waals surface area contributed by atoms with Crippen molar-refractivity contribution in [2.75, 3.05) is 0 Å². The number of halogens is 2. The molecule has 0 aliphatic heterocycles. The number of rotatable bonds is 5. The second kappa shape index (κ2) is 8.92. The average molecular weight is 395 g/mol. The van der Waals surface area contributed by atoms with E-state index in [1.165, 1.54) is 6.21 Å². The van der Waals surface area contributed by atoms with Crippen molar-refractivity contribution in [2.24, 2.45) is 5.10 Å². The zero-order chi connectivity index (χ0) is 19.2. The lowest BCUT2D eigenvalue weighted by atomic mass is 10.2. The smallest absolute Gasteiger partial charge is 0.428 e. The fourth-order valence-electron chi connectivity index (χ4n) is 1.94. The number of hydrogen-bond acceptors (Lipinski definition) is 4. The third-order valence-corrected chi connectivity index (χ3v) is 3.80. The van der Waals surface area contributed by atoms with Gasteiger partial charge in [-0.05, 0) is 62.7 Å². The van der Waals surface area contributed by atoms with Crippen LogP contribution in [0.3, 0.4) is 0 Å². The van der Waals surface area contributed by atoms with Crippen LogP contribution in [-0.2, 0) is 11.3 Å². The van der Waals surface area contributed by atoms with Crippen molar-refractivity contribution >= 4 is 35.5 Å². The molecule has 2 aromatic carbocycles. The standard InChI is InChI=1S/C19H20Cl2N2O3/c1-19(2,3)26-18(24)23-22-11-13-7-9-14(10-8-13)25-12-15-16(20)5-4-6-17(15)21/h4-11H,12H2,1-3H3,(H,23,24)/b22-11+. The summed E-state index contributed by atoms with van der Waals surface area (Å²) in [5, 5.41) is 4.98. The predicted molar refractivity (Wildman–Crippen MR) is 104 cm³/mol. The van der Waals surface area contributed by atoms with E-state index in [9.17, 15) is 4.79 Å². The predicted octanol–water partition coefficient (Wildman–Crippen LogP) is 5.43. The summed E-state index contributed by atoms with van der Waals surface area (Å²) in [6.45, 7) is 5.62. The van der Waals surface area contributed by atoms with Crippen LogP contribution in [0.15, 0.2) is 47.6 Å². The van der Waals surface area contributed by atoms with Crippen molar-refractivity contribution in [2.45, 2.75) is 33.0 Å². The van der Waals surface area contributed by atoms with Gasteiger partial charge in [-0.25, -0.2) is 10.2 Å². The van der Waals surface area contributed by atoms with E-state index in [0.717, 1.165) is 11.1 Å². The SMILES string of the molecule is CC(C)(C)OC(=O)N/N=C/c1ccc(OCc2c(Cl)cccc2Cl)cc1. The van der Waals surface area contributed by atoms with Crippen LogP contribution in [0.1, 0.15) is 31.9 Å². The minimum atomic E-state index is -0.606. The number of ether oxygens (including phenoxy) is 2. The fraction of sp³-hybridized carbons (Fsp3) is 0.263. The lowest BCUT2D eigenvalue weighted by Crippen LogP contribution is -2.29. The molecule has 0 aromatic heterocycles. The second-order valence-corrected chi connectivity index (χ2v) is 7.24. The first-order chi connectivity index (χ1) is 12.2. The second-order valence-electron chi connectivity index (χ2n) is 6.43. The largest absolute Gasteiger partial charge is 0.489 e. The maximum absolute atomic E-state index is 11.5. The lowest BCUT2D eigenvalue weighted by Gasteiger charge is -2.18. The minimum Gasteiger partial charge on any atom is -0.489 e. The van der Waals surface area contributed by atoms with Gasteiger partial charge in [-0.1, -0.05) is 29.3 Å². The topological polar surface area (TPSA) is 59.9 Å². The molecule has 1 N–H and O–H groups in total. The van der Waals surface area contributed by atoms with Gasteiger partial charge in [-0.15, -0.1) is 0 Å². The van der Waals surface area contributed by atoms with Gasteiger partial charge in [0.15, 0.2) is 0 Å². The molecule has 7 heteroatoms. The van der Waals surface area contributed by atoms with E-state index in [0.29, 0.717) is 15.8 Å². The molecule has 0 radical (unpaired) electrons. The van der Waals surface area contributed by atoms with Gasteiger partial charge in [0.2, 0.25) is 0 Å². The molecule has 2 aromatic rings. The molecule has 0 atom stereocenters. The molecule has 0 spiro atoms. The molecule has 2 rings (SSSR count). The first-order valence-electron chi connectivity index (χ1n) is 7.92. The molecule has 0 aliphatic carbocycles. The molecule has 5 nitrogen and oxygen atoms in total. The lowest BCUT2D eigenvalue weighted by molar-refractivity contribution is 0.0529. The van der Waals surface area contributed by atoms with Crippen LogP contribution in [0.25, 0.3) is 0 Å². The third kappa shape index (κ3) is 6.58. The first kappa shape index (κ1) is 20.1. The summed E-state index contributed by atoms with van der Waals surface area (Å²) in [5.41, 5.74) is 3.28. The van der Waals surface area contributed by atoms with Crippen LogP contribution in [0.5, 0.6) is 5.75 Å². The quantitative estimate of drug-likeness (QED) is 0.542. The monoisotopic (exact) mass is 394 g/mol. The number of nitrogens with one attached hydrogen (secondary N) is 1. The summed E-state index contributed by atoms with van der Waals surface area (Å²) < 4.78 is 10.8. The average Bonchev–Trinajstić information content (AvgIpc) is 2.54. The van der Waals surface area contributed by atoms with E-state index < -0.39 is 11.7 Å². The van der Waals surface area contributed by atoms with Gasteiger partial charge < -0.3 is 9.47 Å². The Labute approximate surface area is 162 Å². The van der Waals surface area contributed by atoms with Crippen LogP contribution in [0.4, 0.5) is 4.79 Å². The van der Waals surface area contributed by atoms with E-state index in [1.807, 2.05) is 12.1 Å². The molecule has 0 heterocycles. The van der Waals surface area contributed by atoms with Crippen LogP contribution >= 0.6 is 23.2 Å². The highest BCUT2D eigenvalue weighted by Gasteiger charge is 2.15. The van der Waals surface area contributed by atoms with Gasteiger partial charge in [0.05, 0.1) is 6.21 Å².